The first-order chi connectivity index (χ1) is 12.3. The SMILES string of the molecule is COc1cccc(C(=O)Nc2ccccc2)c1[Se]Cc1ccccc1. The Morgan fingerprint density at radius 1 is 0.920 bits per heavy atom. The molecule has 0 radical (unpaired) electrons. The number of rotatable bonds is 6. The average Bonchev–Trinajstić information content (AvgIpc) is 2.67. The van der Waals surface area contributed by atoms with Crippen LogP contribution in [0.4, 0.5) is 5.69 Å². The standard InChI is InChI=1S/C21H19NO2Se/c1-24-19-14-8-13-18(21(23)22-17-11-6-3-7-12-17)20(19)25-15-16-9-4-2-5-10-16/h2-14H,15H2,1H3,(H,22,23). The predicted octanol–water partition coefficient (Wildman–Crippen LogP) is 3.48. The van der Waals surface area contributed by atoms with Crippen molar-refractivity contribution < 1.29 is 9.53 Å². The van der Waals surface area contributed by atoms with Gasteiger partial charge in [-0.15, -0.1) is 0 Å². The molecule has 0 aliphatic heterocycles. The zero-order chi connectivity index (χ0) is 17.5. The molecule has 0 saturated heterocycles. The normalized spacial score (nSPS) is 10.3. The van der Waals surface area contributed by atoms with E-state index < -0.39 is 0 Å². The van der Waals surface area contributed by atoms with Crippen LogP contribution in [0.5, 0.6) is 5.75 Å². The molecule has 0 unspecified atom stereocenters. The second-order valence-electron chi connectivity index (χ2n) is 5.43. The quantitative estimate of drug-likeness (QED) is 0.648. The second kappa shape index (κ2) is 8.52. The van der Waals surface area contributed by atoms with Gasteiger partial charge in [-0.2, -0.15) is 0 Å². The van der Waals surface area contributed by atoms with Gasteiger partial charge in [-0.3, -0.25) is 0 Å². The Balaban J connectivity index is 1.84. The van der Waals surface area contributed by atoms with Gasteiger partial charge >= 0.3 is 154 Å². The molecular formula is C21H19NO2Se. The van der Waals surface area contributed by atoms with Gasteiger partial charge < -0.3 is 0 Å². The van der Waals surface area contributed by atoms with E-state index in [1.807, 2.05) is 66.7 Å². The molecule has 0 atom stereocenters. The van der Waals surface area contributed by atoms with Crippen molar-refractivity contribution in [3.63, 3.8) is 0 Å². The third kappa shape index (κ3) is 4.50. The van der Waals surface area contributed by atoms with Gasteiger partial charge in [0.2, 0.25) is 0 Å². The van der Waals surface area contributed by atoms with Crippen molar-refractivity contribution in [1.29, 1.82) is 0 Å². The molecule has 3 nitrogen and oxygen atoms in total. The molecule has 0 aliphatic carbocycles. The van der Waals surface area contributed by atoms with E-state index in [9.17, 15) is 4.79 Å². The number of carbonyl (C=O) groups is 1. The number of hydrogen-bond donors (Lipinski definition) is 1. The number of nitrogens with one attached hydrogen (secondary N) is 1. The summed E-state index contributed by atoms with van der Waals surface area (Å²) in [6, 6.07) is 25.5. The molecule has 0 aromatic heterocycles. The number of anilines is 1. The van der Waals surface area contributed by atoms with Gasteiger partial charge in [-0.05, 0) is 0 Å². The van der Waals surface area contributed by atoms with Gasteiger partial charge in [0, 0.05) is 0 Å². The molecule has 25 heavy (non-hydrogen) atoms. The summed E-state index contributed by atoms with van der Waals surface area (Å²) in [6.07, 6.45) is 0. The molecule has 0 heterocycles. The van der Waals surface area contributed by atoms with E-state index in [0.717, 1.165) is 21.2 Å². The summed E-state index contributed by atoms with van der Waals surface area (Å²) in [5.74, 6) is 0.673. The molecule has 3 aromatic carbocycles. The molecule has 0 fully saturated rings. The van der Waals surface area contributed by atoms with Crippen molar-refractivity contribution in [2.45, 2.75) is 5.32 Å². The monoisotopic (exact) mass is 397 g/mol. The van der Waals surface area contributed by atoms with E-state index in [1.165, 1.54) is 5.56 Å². The topological polar surface area (TPSA) is 38.3 Å². The van der Waals surface area contributed by atoms with Gasteiger partial charge in [-0.25, -0.2) is 0 Å². The van der Waals surface area contributed by atoms with Crippen LogP contribution in [0, 0.1) is 0 Å². The molecule has 0 bridgehead atoms. The van der Waals surface area contributed by atoms with Crippen molar-refractivity contribution in [3.8, 4) is 5.75 Å². The van der Waals surface area contributed by atoms with Gasteiger partial charge in [-0.1, -0.05) is 0 Å². The molecule has 1 N–H and O–H groups in total. The molecule has 4 heteroatoms. The Labute approximate surface area is 154 Å². The van der Waals surface area contributed by atoms with Crippen LogP contribution < -0.4 is 14.5 Å². The Kier molecular flexibility index (Phi) is 5.89. The number of amides is 1. The summed E-state index contributed by atoms with van der Waals surface area (Å²) in [7, 11) is 1.65. The van der Waals surface area contributed by atoms with Crippen LogP contribution >= 0.6 is 0 Å². The first-order valence-electron chi connectivity index (χ1n) is 7.98. The van der Waals surface area contributed by atoms with Crippen molar-refractivity contribution in [3.05, 3.63) is 90.0 Å². The summed E-state index contributed by atoms with van der Waals surface area (Å²) in [5, 5.41) is 3.88. The molecular weight excluding hydrogens is 377 g/mol. The van der Waals surface area contributed by atoms with E-state index in [-0.39, 0.29) is 20.9 Å². The van der Waals surface area contributed by atoms with Crippen LogP contribution in [0.1, 0.15) is 15.9 Å². The van der Waals surface area contributed by atoms with Crippen LogP contribution in [0.2, 0.25) is 0 Å². The number of benzene rings is 3. The zero-order valence-electron chi connectivity index (χ0n) is 13.9. The van der Waals surface area contributed by atoms with Crippen molar-refractivity contribution in [2.75, 3.05) is 12.4 Å². The Morgan fingerprint density at radius 3 is 2.28 bits per heavy atom. The fourth-order valence-electron chi connectivity index (χ4n) is 2.45. The maximum atomic E-state index is 12.8. The van der Waals surface area contributed by atoms with Crippen LogP contribution in [-0.2, 0) is 5.32 Å². The maximum absolute atomic E-state index is 12.8. The van der Waals surface area contributed by atoms with Crippen molar-refractivity contribution >= 4 is 31.0 Å². The fraction of sp³-hybridized carbons (Fsp3) is 0.0952. The van der Waals surface area contributed by atoms with Crippen LogP contribution in [0.25, 0.3) is 0 Å². The minimum absolute atomic E-state index is 0.0946. The third-order valence-corrected chi connectivity index (χ3v) is 6.19. The molecule has 0 aliphatic rings. The van der Waals surface area contributed by atoms with E-state index in [2.05, 4.69) is 17.4 Å². The Hall–Kier alpha value is -2.55. The zero-order valence-corrected chi connectivity index (χ0v) is 15.7. The molecule has 126 valence electrons. The van der Waals surface area contributed by atoms with Gasteiger partial charge in [0.25, 0.3) is 0 Å². The summed E-state index contributed by atoms with van der Waals surface area (Å²) in [4.78, 5) is 12.8. The van der Waals surface area contributed by atoms with E-state index in [0.29, 0.717) is 5.56 Å². The third-order valence-electron chi connectivity index (χ3n) is 3.70. The Bertz CT molecular complexity index is 835. The summed E-state index contributed by atoms with van der Waals surface area (Å²) in [6.45, 7) is 0. The second-order valence-corrected chi connectivity index (χ2v) is 7.50. The number of hydrogen-bond acceptors (Lipinski definition) is 2. The van der Waals surface area contributed by atoms with Crippen LogP contribution in [0.15, 0.2) is 78.9 Å². The number of para-hydroxylation sites is 1. The van der Waals surface area contributed by atoms with Gasteiger partial charge in [0.15, 0.2) is 0 Å². The molecule has 0 spiro atoms. The van der Waals surface area contributed by atoms with Gasteiger partial charge in [0.05, 0.1) is 0 Å². The molecule has 1 amide bonds. The van der Waals surface area contributed by atoms with Crippen LogP contribution in [0.3, 0.4) is 0 Å². The first-order valence-corrected chi connectivity index (χ1v) is 10.0. The average molecular weight is 396 g/mol. The predicted molar refractivity (Wildman–Crippen MR) is 103 cm³/mol. The summed E-state index contributed by atoms with van der Waals surface area (Å²) < 4.78 is 6.51. The first kappa shape index (κ1) is 17.3. The minimum atomic E-state index is -0.102. The van der Waals surface area contributed by atoms with E-state index in [1.54, 1.807) is 7.11 Å². The molecule has 3 rings (SSSR count). The van der Waals surface area contributed by atoms with Crippen LogP contribution in [-0.4, -0.2) is 28.0 Å². The number of carbonyl (C=O) groups excluding carboxylic acids is 1. The van der Waals surface area contributed by atoms with Gasteiger partial charge in [0.1, 0.15) is 0 Å². The van der Waals surface area contributed by atoms with Crippen molar-refractivity contribution in [1.82, 2.24) is 0 Å². The molecule has 3 aromatic rings. The molecule has 0 saturated carbocycles. The van der Waals surface area contributed by atoms with E-state index in [4.69, 9.17) is 4.74 Å². The summed E-state index contributed by atoms with van der Waals surface area (Å²) >= 11 is 0.0946. The number of ether oxygens (including phenoxy) is 1. The number of methoxy groups -OCH3 is 1. The summed E-state index contributed by atoms with van der Waals surface area (Å²) in [5.41, 5.74) is 2.73. The fourth-order valence-corrected chi connectivity index (χ4v) is 4.79. The van der Waals surface area contributed by atoms with Crippen molar-refractivity contribution in [2.24, 2.45) is 0 Å². The van der Waals surface area contributed by atoms with E-state index >= 15 is 0 Å². The Morgan fingerprint density at radius 2 is 1.60 bits per heavy atom.